The van der Waals surface area contributed by atoms with Gasteiger partial charge in [-0.05, 0) is 34.3 Å². The maximum absolute atomic E-state index is 11.2. The van der Waals surface area contributed by atoms with Crippen LogP contribution in [0, 0.1) is 11.3 Å². The number of pyridine rings is 1. The van der Waals surface area contributed by atoms with Gasteiger partial charge in [0.15, 0.2) is 0 Å². The number of aromatic nitrogens is 5. The molecule has 0 saturated carbocycles. The summed E-state index contributed by atoms with van der Waals surface area (Å²) in [5.74, 6) is -0.462. The van der Waals surface area contributed by atoms with E-state index in [-0.39, 0.29) is 6.54 Å². The van der Waals surface area contributed by atoms with Gasteiger partial charge in [-0.15, -0.1) is 5.10 Å². The predicted octanol–water partition coefficient (Wildman–Crippen LogP) is 0.264. The maximum atomic E-state index is 11.2. The Balaban J connectivity index is 2.22. The number of carbonyl (C=O) groups excluding carboxylic acids is 1. The minimum absolute atomic E-state index is 0.0967. The topological polar surface area (TPSA) is 107 Å². The van der Waals surface area contributed by atoms with Crippen LogP contribution in [0.4, 0.5) is 0 Å². The average Bonchev–Trinajstić information content (AvgIpc) is 2.86. The first-order valence-electron chi connectivity index (χ1n) is 5.10. The molecule has 0 radical (unpaired) electrons. The molecule has 19 heavy (non-hydrogen) atoms. The summed E-state index contributed by atoms with van der Waals surface area (Å²) in [6.07, 6.45) is 1.57. The van der Waals surface area contributed by atoms with Crippen LogP contribution in [0.2, 0.25) is 0 Å². The molecule has 0 fully saturated rings. The van der Waals surface area contributed by atoms with Crippen molar-refractivity contribution in [3.05, 3.63) is 23.9 Å². The Morgan fingerprint density at radius 3 is 3.21 bits per heavy atom. The highest BCUT2D eigenvalue weighted by Gasteiger charge is 2.14. The van der Waals surface area contributed by atoms with E-state index in [9.17, 15) is 4.79 Å². The molecule has 0 amide bonds. The van der Waals surface area contributed by atoms with Crippen LogP contribution < -0.4 is 0 Å². The van der Waals surface area contributed by atoms with E-state index < -0.39 is 5.97 Å². The van der Waals surface area contributed by atoms with Crippen LogP contribution in [-0.2, 0) is 16.1 Å². The third-order valence-electron chi connectivity index (χ3n) is 2.09. The fourth-order valence-electron chi connectivity index (χ4n) is 1.20. The van der Waals surface area contributed by atoms with Gasteiger partial charge in [-0.1, -0.05) is 0 Å². The molecule has 8 nitrogen and oxygen atoms in total. The molecule has 2 heterocycles. The molecule has 0 aliphatic heterocycles. The number of carbonyl (C=O) groups is 1. The number of nitrogens with zero attached hydrogens (tertiary/aromatic N) is 6. The molecule has 0 aliphatic carbocycles. The van der Waals surface area contributed by atoms with Crippen LogP contribution in [0.15, 0.2) is 28.5 Å². The standard InChI is InChI=1S/C10H8N6O2S/c1-18-8(17)6-16-10(13-14-15-16)19-9-7(5-11)3-2-4-12-9/h2-4H,6H2,1H3. The van der Waals surface area contributed by atoms with Crippen molar-refractivity contribution in [3.63, 3.8) is 0 Å². The number of nitriles is 1. The Bertz CT molecular complexity index is 635. The highest BCUT2D eigenvalue weighted by Crippen LogP contribution is 2.25. The first kappa shape index (κ1) is 13.0. The second-order valence-corrected chi connectivity index (χ2v) is 4.22. The van der Waals surface area contributed by atoms with E-state index >= 15 is 0 Å². The van der Waals surface area contributed by atoms with Gasteiger partial charge in [0.2, 0.25) is 5.16 Å². The Hall–Kier alpha value is -2.47. The van der Waals surface area contributed by atoms with Crippen LogP contribution in [0.25, 0.3) is 0 Å². The lowest BCUT2D eigenvalue weighted by molar-refractivity contribution is -0.141. The predicted molar refractivity (Wildman–Crippen MR) is 62.9 cm³/mol. The number of esters is 1. The molecule has 0 aromatic carbocycles. The molecule has 2 aromatic heterocycles. The van der Waals surface area contributed by atoms with Gasteiger partial charge < -0.3 is 4.74 Å². The second-order valence-electron chi connectivity index (χ2n) is 3.27. The summed E-state index contributed by atoms with van der Waals surface area (Å²) >= 11 is 1.11. The molecule has 0 atom stereocenters. The SMILES string of the molecule is COC(=O)Cn1nnnc1Sc1ncccc1C#N. The Labute approximate surface area is 112 Å². The first-order valence-corrected chi connectivity index (χ1v) is 5.92. The van der Waals surface area contributed by atoms with Gasteiger partial charge in [-0.25, -0.2) is 9.67 Å². The monoisotopic (exact) mass is 276 g/mol. The number of rotatable bonds is 4. The average molecular weight is 276 g/mol. The third-order valence-corrected chi connectivity index (χ3v) is 3.08. The van der Waals surface area contributed by atoms with E-state index in [0.717, 1.165) is 11.8 Å². The van der Waals surface area contributed by atoms with Crippen molar-refractivity contribution in [2.24, 2.45) is 0 Å². The van der Waals surface area contributed by atoms with E-state index in [0.29, 0.717) is 15.7 Å². The lowest BCUT2D eigenvalue weighted by atomic mass is 10.3. The van der Waals surface area contributed by atoms with Gasteiger partial charge in [-0.3, -0.25) is 4.79 Å². The van der Waals surface area contributed by atoms with E-state index in [2.05, 4.69) is 25.2 Å². The van der Waals surface area contributed by atoms with E-state index in [1.54, 1.807) is 18.3 Å². The summed E-state index contributed by atoms with van der Waals surface area (Å²) in [4.78, 5) is 15.3. The van der Waals surface area contributed by atoms with Crippen LogP contribution in [0.1, 0.15) is 5.56 Å². The minimum Gasteiger partial charge on any atom is -0.468 e. The fraction of sp³-hybridized carbons (Fsp3) is 0.200. The van der Waals surface area contributed by atoms with Gasteiger partial charge in [0, 0.05) is 6.20 Å². The number of ether oxygens (including phenoxy) is 1. The van der Waals surface area contributed by atoms with Crippen molar-refractivity contribution in [1.29, 1.82) is 5.26 Å². The minimum atomic E-state index is -0.462. The molecule has 0 unspecified atom stereocenters. The molecular weight excluding hydrogens is 268 g/mol. The Kier molecular flexibility index (Phi) is 4.04. The second kappa shape index (κ2) is 5.92. The Morgan fingerprint density at radius 1 is 1.63 bits per heavy atom. The van der Waals surface area contributed by atoms with Crippen molar-refractivity contribution in [3.8, 4) is 6.07 Å². The zero-order valence-electron chi connectivity index (χ0n) is 9.85. The van der Waals surface area contributed by atoms with Crippen LogP contribution in [0.5, 0.6) is 0 Å². The molecule has 0 N–H and O–H groups in total. The summed E-state index contributed by atoms with van der Waals surface area (Å²) in [7, 11) is 1.28. The largest absolute Gasteiger partial charge is 0.468 e. The van der Waals surface area contributed by atoms with Gasteiger partial charge in [0.05, 0.1) is 12.7 Å². The van der Waals surface area contributed by atoms with Gasteiger partial charge in [-0.2, -0.15) is 5.26 Å². The van der Waals surface area contributed by atoms with E-state index in [4.69, 9.17) is 5.26 Å². The smallest absolute Gasteiger partial charge is 0.327 e. The maximum Gasteiger partial charge on any atom is 0.327 e. The van der Waals surface area contributed by atoms with E-state index in [1.807, 2.05) is 6.07 Å². The summed E-state index contributed by atoms with van der Waals surface area (Å²) in [5.41, 5.74) is 0.417. The van der Waals surface area contributed by atoms with Crippen molar-refractivity contribution in [1.82, 2.24) is 25.2 Å². The zero-order chi connectivity index (χ0) is 13.7. The number of methoxy groups -OCH3 is 1. The number of tetrazole rings is 1. The Morgan fingerprint density at radius 2 is 2.47 bits per heavy atom. The summed E-state index contributed by atoms with van der Waals surface area (Å²) in [6.45, 7) is -0.0967. The van der Waals surface area contributed by atoms with Crippen molar-refractivity contribution < 1.29 is 9.53 Å². The fourth-order valence-corrected chi connectivity index (χ4v) is 1.99. The van der Waals surface area contributed by atoms with E-state index in [1.165, 1.54) is 11.8 Å². The number of hydrogen-bond donors (Lipinski definition) is 0. The van der Waals surface area contributed by atoms with Gasteiger partial charge >= 0.3 is 5.97 Å². The van der Waals surface area contributed by atoms with Crippen molar-refractivity contribution in [2.45, 2.75) is 16.7 Å². The van der Waals surface area contributed by atoms with Crippen molar-refractivity contribution in [2.75, 3.05) is 7.11 Å². The highest BCUT2D eigenvalue weighted by atomic mass is 32.2. The first-order chi connectivity index (χ1) is 9.24. The lowest BCUT2D eigenvalue weighted by Gasteiger charge is -2.03. The summed E-state index contributed by atoms with van der Waals surface area (Å²) in [5, 5.41) is 20.7. The number of hydrogen-bond acceptors (Lipinski definition) is 8. The summed E-state index contributed by atoms with van der Waals surface area (Å²) < 4.78 is 5.83. The molecule has 2 aromatic rings. The summed E-state index contributed by atoms with van der Waals surface area (Å²) in [6, 6.07) is 5.34. The highest BCUT2D eigenvalue weighted by molar-refractivity contribution is 7.99. The lowest BCUT2D eigenvalue weighted by Crippen LogP contribution is -2.13. The van der Waals surface area contributed by atoms with Crippen LogP contribution >= 0.6 is 11.8 Å². The van der Waals surface area contributed by atoms with Crippen molar-refractivity contribution >= 4 is 17.7 Å². The molecule has 2 rings (SSSR count). The molecular formula is C10H8N6O2S. The molecule has 9 heteroatoms. The molecule has 0 spiro atoms. The third kappa shape index (κ3) is 3.05. The quantitative estimate of drug-likeness (QED) is 0.732. The molecule has 0 saturated heterocycles. The molecule has 0 aliphatic rings. The normalized spacial score (nSPS) is 9.89. The van der Waals surface area contributed by atoms with Crippen LogP contribution in [-0.4, -0.2) is 38.3 Å². The molecule has 96 valence electrons. The van der Waals surface area contributed by atoms with Gasteiger partial charge in [0.25, 0.3) is 0 Å². The molecule has 0 bridgehead atoms. The van der Waals surface area contributed by atoms with Gasteiger partial charge in [0.1, 0.15) is 17.6 Å². The zero-order valence-corrected chi connectivity index (χ0v) is 10.7. The van der Waals surface area contributed by atoms with Crippen LogP contribution in [0.3, 0.4) is 0 Å².